The third-order valence-electron chi connectivity index (χ3n) is 2.74. The van der Waals surface area contributed by atoms with Gasteiger partial charge in [0.25, 0.3) is 0 Å². The molecule has 1 fully saturated rings. The Morgan fingerprint density at radius 2 is 2.12 bits per heavy atom. The Bertz CT molecular complexity index is 417. The quantitative estimate of drug-likeness (QED) is 0.725. The van der Waals surface area contributed by atoms with Crippen molar-refractivity contribution >= 4 is 5.78 Å². The number of carbonyl (C=O) groups excluding carboxylic acids is 1. The lowest BCUT2D eigenvalue weighted by Crippen LogP contribution is -2.22. The van der Waals surface area contributed by atoms with E-state index in [-0.39, 0.29) is 11.7 Å². The first kappa shape index (κ1) is 11.2. The third-order valence-corrected chi connectivity index (χ3v) is 2.74. The Morgan fingerprint density at radius 3 is 2.75 bits per heavy atom. The van der Waals surface area contributed by atoms with E-state index in [4.69, 9.17) is 4.74 Å². The van der Waals surface area contributed by atoms with E-state index < -0.39 is 23.5 Å². The van der Waals surface area contributed by atoms with Gasteiger partial charge in [0.15, 0.2) is 17.4 Å². The molecule has 2 atom stereocenters. The van der Waals surface area contributed by atoms with E-state index in [1.54, 1.807) is 0 Å². The molecular formula is C12H12F2O2. The van der Waals surface area contributed by atoms with Crippen molar-refractivity contribution in [3.63, 3.8) is 0 Å². The van der Waals surface area contributed by atoms with Crippen molar-refractivity contribution in [1.29, 1.82) is 0 Å². The van der Waals surface area contributed by atoms with Gasteiger partial charge in [-0.1, -0.05) is 6.07 Å². The summed E-state index contributed by atoms with van der Waals surface area (Å²) in [5.41, 5.74) is -0.223. The van der Waals surface area contributed by atoms with Gasteiger partial charge in [-0.2, -0.15) is 0 Å². The van der Waals surface area contributed by atoms with Gasteiger partial charge in [0.05, 0.1) is 11.7 Å². The van der Waals surface area contributed by atoms with Crippen LogP contribution in [0.15, 0.2) is 18.2 Å². The van der Waals surface area contributed by atoms with E-state index in [9.17, 15) is 13.6 Å². The smallest absolute Gasteiger partial charge is 0.194 e. The Morgan fingerprint density at radius 1 is 1.38 bits per heavy atom. The highest BCUT2D eigenvalue weighted by Gasteiger charge is 2.30. The summed E-state index contributed by atoms with van der Waals surface area (Å²) < 4.78 is 31.6. The minimum Gasteiger partial charge on any atom is -0.367 e. The van der Waals surface area contributed by atoms with Crippen molar-refractivity contribution in [2.45, 2.75) is 32.0 Å². The van der Waals surface area contributed by atoms with E-state index >= 15 is 0 Å². The average molecular weight is 226 g/mol. The molecule has 4 heteroatoms. The van der Waals surface area contributed by atoms with E-state index in [0.29, 0.717) is 6.42 Å². The summed E-state index contributed by atoms with van der Waals surface area (Å²) in [5, 5.41) is 0. The Kier molecular flexibility index (Phi) is 3.01. The second kappa shape index (κ2) is 4.29. The lowest BCUT2D eigenvalue weighted by molar-refractivity contribution is 0.0429. The molecule has 16 heavy (non-hydrogen) atoms. The molecule has 0 bridgehead atoms. The highest BCUT2D eigenvalue weighted by atomic mass is 19.2. The predicted molar refractivity (Wildman–Crippen MR) is 54.3 cm³/mol. The van der Waals surface area contributed by atoms with Gasteiger partial charge in [0, 0.05) is 0 Å². The van der Waals surface area contributed by atoms with Crippen LogP contribution in [0.4, 0.5) is 8.78 Å². The molecule has 0 aromatic heterocycles. The molecule has 1 saturated heterocycles. The van der Waals surface area contributed by atoms with Gasteiger partial charge in [-0.05, 0) is 31.9 Å². The number of carbonyl (C=O) groups is 1. The number of Topliss-reactive ketones (excluding diaryl/α,β-unsaturated/α-hetero) is 1. The summed E-state index contributed by atoms with van der Waals surface area (Å²) >= 11 is 0. The van der Waals surface area contributed by atoms with E-state index in [0.717, 1.165) is 12.5 Å². The summed E-state index contributed by atoms with van der Waals surface area (Å²) in [5.74, 6) is -2.56. The number of hydrogen-bond acceptors (Lipinski definition) is 2. The zero-order chi connectivity index (χ0) is 11.7. The summed E-state index contributed by atoms with van der Waals surface area (Å²) in [6.45, 7) is 1.86. The zero-order valence-electron chi connectivity index (χ0n) is 8.87. The molecule has 2 unspecified atom stereocenters. The van der Waals surface area contributed by atoms with E-state index in [2.05, 4.69) is 0 Å². The van der Waals surface area contributed by atoms with Gasteiger partial charge >= 0.3 is 0 Å². The topological polar surface area (TPSA) is 26.3 Å². The first-order valence-electron chi connectivity index (χ1n) is 5.23. The highest BCUT2D eigenvalue weighted by molar-refractivity contribution is 5.99. The minimum atomic E-state index is -1.09. The lowest BCUT2D eigenvalue weighted by Gasteiger charge is -2.10. The fourth-order valence-corrected chi connectivity index (χ4v) is 1.86. The van der Waals surface area contributed by atoms with Gasteiger partial charge in [0.2, 0.25) is 0 Å². The number of benzene rings is 1. The monoisotopic (exact) mass is 226 g/mol. The highest BCUT2D eigenvalue weighted by Crippen LogP contribution is 2.24. The zero-order valence-corrected chi connectivity index (χ0v) is 8.87. The predicted octanol–water partition coefficient (Wildman–Crippen LogP) is 2.72. The number of ketones is 1. The lowest BCUT2D eigenvalue weighted by atomic mass is 10.0. The normalized spacial score (nSPS) is 24.7. The Hall–Kier alpha value is -1.29. The van der Waals surface area contributed by atoms with Gasteiger partial charge in [0.1, 0.15) is 6.10 Å². The molecule has 0 N–H and O–H groups in total. The van der Waals surface area contributed by atoms with Crippen LogP contribution in [0.1, 0.15) is 30.1 Å². The van der Waals surface area contributed by atoms with Crippen molar-refractivity contribution in [2.75, 3.05) is 0 Å². The molecule has 1 aromatic rings. The summed E-state index contributed by atoms with van der Waals surface area (Å²) in [7, 11) is 0. The Labute approximate surface area is 92.2 Å². The van der Waals surface area contributed by atoms with Crippen LogP contribution in [0.3, 0.4) is 0 Å². The molecule has 1 aliphatic rings. The fourth-order valence-electron chi connectivity index (χ4n) is 1.86. The first-order valence-corrected chi connectivity index (χ1v) is 5.23. The second-order valence-corrected chi connectivity index (χ2v) is 3.98. The molecule has 0 spiro atoms. The molecule has 2 rings (SSSR count). The van der Waals surface area contributed by atoms with Crippen molar-refractivity contribution < 1.29 is 18.3 Å². The molecule has 0 saturated carbocycles. The van der Waals surface area contributed by atoms with E-state index in [1.807, 2.05) is 6.92 Å². The standard InChI is InChI=1S/C12H12F2O2/c1-7-5-6-10(16-7)12(15)8-3-2-4-9(13)11(8)14/h2-4,7,10H,5-6H2,1H3. The largest absolute Gasteiger partial charge is 0.367 e. The van der Waals surface area contributed by atoms with Gasteiger partial charge < -0.3 is 4.74 Å². The molecule has 86 valence electrons. The number of hydrogen-bond donors (Lipinski definition) is 0. The first-order chi connectivity index (χ1) is 7.59. The molecule has 0 aliphatic carbocycles. The summed E-state index contributed by atoms with van der Waals surface area (Å²) in [6, 6.07) is 3.60. The third kappa shape index (κ3) is 1.97. The van der Waals surface area contributed by atoms with Crippen LogP contribution in [-0.2, 0) is 4.74 Å². The van der Waals surface area contributed by atoms with Crippen molar-refractivity contribution in [3.8, 4) is 0 Å². The maximum absolute atomic E-state index is 13.4. The number of rotatable bonds is 2. The maximum atomic E-state index is 13.4. The van der Waals surface area contributed by atoms with Crippen LogP contribution in [0.5, 0.6) is 0 Å². The van der Waals surface area contributed by atoms with Gasteiger partial charge in [-0.25, -0.2) is 8.78 Å². The SMILES string of the molecule is CC1CCC(C(=O)c2cccc(F)c2F)O1. The molecule has 1 heterocycles. The van der Waals surface area contributed by atoms with Crippen LogP contribution in [0.2, 0.25) is 0 Å². The van der Waals surface area contributed by atoms with Crippen molar-refractivity contribution in [3.05, 3.63) is 35.4 Å². The average Bonchev–Trinajstić information content (AvgIpc) is 2.68. The number of halogens is 2. The summed E-state index contributed by atoms with van der Waals surface area (Å²) in [6.07, 6.45) is 0.709. The van der Waals surface area contributed by atoms with Crippen LogP contribution >= 0.6 is 0 Å². The molecular weight excluding hydrogens is 214 g/mol. The van der Waals surface area contributed by atoms with Crippen LogP contribution in [0.25, 0.3) is 0 Å². The molecule has 2 nitrogen and oxygen atoms in total. The second-order valence-electron chi connectivity index (χ2n) is 3.98. The van der Waals surface area contributed by atoms with Crippen molar-refractivity contribution in [2.24, 2.45) is 0 Å². The summed E-state index contributed by atoms with van der Waals surface area (Å²) in [4.78, 5) is 11.8. The van der Waals surface area contributed by atoms with Crippen molar-refractivity contribution in [1.82, 2.24) is 0 Å². The van der Waals surface area contributed by atoms with Crippen LogP contribution in [0, 0.1) is 11.6 Å². The fraction of sp³-hybridized carbons (Fsp3) is 0.417. The molecule has 0 radical (unpaired) electrons. The van der Waals surface area contributed by atoms with Crippen LogP contribution in [-0.4, -0.2) is 18.0 Å². The maximum Gasteiger partial charge on any atom is 0.194 e. The molecule has 0 amide bonds. The number of ether oxygens (including phenoxy) is 1. The minimum absolute atomic E-state index is 0.00516. The van der Waals surface area contributed by atoms with Gasteiger partial charge in [-0.3, -0.25) is 4.79 Å². The van der Waals surface area contributed by atoms with Gasteiger partial charge in [-0.15, -0.1) is 0 Å². The van der Waals surface area contributed by atoms with E-state index in [1.165, 1.54) is 12.1 Å². The Balaban J connectivity index is 2.24. The molecule has 1 aromatic carbocycles. The van der Waals surface area contributed by atoms with Crippen LogP contribution < -0.4 is 0 Å². The molecule has 1 aliphatic heterocycles.